The molecule has 0 saturated heterocycles. The molecule has 0 aromatic heterocycles. The van der Waals surface area contributed by atoms with Crippen molar-refractivity contribution in [2.24, 2.45) is 5.92 Å². The largest absolute Gasteiger partial charge is 0.493 e. The molecule has 1 saturated carbocycles. The van der Waals surface area contributed by atoms with Gasteiger partial charge in [0.2, 0.25) is 0 Å². The van der Waals surface area contributed by atoms with Gasteiger partial charge in [-0.05, 0) is 24.5 Å². The van der Waals surface area contributed by atoms with Crippen LogP contribution >= 0.6 is 11.6 Å². The van der Waals surface area contributed by atoms with Crippen LogP contribution in [0.25, 0.3) is 0 Å². The van der Waals surface area contributed by atoms with Gasteiger partial charge in [-0.1, -0.05) is 30.5 Å². The van der Waals surface area contributed by atoms with E-state index in [0.717, 1.165) is 41.8 Å². The van der Waals surface area contributed by atoms with Crippen molar-refractivity contribution in [3.63, 3.8) is 0 Å². The summed E-state index contributed by atoms with van der Waals surface area (Å²) in [6.45, 7) is 3.00. The lowest BCUT2D eigenvalue weighted by atomic mass is 10.2. The molecule has 0 radical (unpaired) electrons. The Morgan fingerprint density at radius 1 is 1.32 bits per heavy atom. The first-order valence-electron chi connectivity index (χ1n) is 6.91. The van der Waals surface area contributed by atoms with Gasteiger partial charge in [-0.2, -0.15) is 0 Å². The summed E-state index contributed by atoms with van der Waals surface area (Å²) in [5.41, 5.74) is 1.04. The third-order valence-electron chi connectivity index (χ3n) is 3.34. The highest BCUT2D eigenvalue weighted by atomic mass is 35.5. The topological polar surface area (TPSA) is 30.5 Å². The predicted octanol–water partition coefficient (Wildman–Crippen LogP) is 3.25. The lowest BCUT2D eigenvalue weighted by Gasteiger charge is -2.13. The van der Waals surface area contributed by atoms with Crippen molar-refractivity contribution in [3.8, 4) is 5.75 Å². The number of nitrogens with one attached hydrogen (secondary N) is 1. The monoisotopic (exact) mass is 283 g/mol. The molecule has 0 unspecified atom stereocenters. The van der Waals surface area contributed by atoms with E-state index in [1.54, 1.807) is 7.11 Å². The van der Waals surface area contributed by atoms with E-state index in [1.807, 2.05) is 18.2 Å². The number of halogens is 1. The van der Waals surface area contributed by atoms with E-state index in [2.05, 4.69) is 5.32 Å². The third-order valence-corrected chi connectivity index (χ3v) is 3.70. The van der Waals surface area contributed by atoms with E-state index in [4.69, 9.17) is 21.1 Å². The lowest BCUT2D eigenvalue weighted by molar-refractivity contribution is 0.199. The van der Waals surface area contributed by atoms with Crippen LogP contribution in [0.3, 0.4) is 0 Å². The molecule has 1 fully saturated rings. The molecule has 1 aromatic rings. The van der Waals surface area contributed by atoms with Crippen LogP contribution in [-0.4, -0.2) is 26.9 Å². The number of hydrogen-bond acceptors (Lipinski definition) is 3. The summed E-state index contributed by atoms with van der Waals surface area (Å²) in [4.78, 5) is 0. The Hall–Kier alpha value is -0.770. The standard InChI is InChI=1S/C15H22ClNO2/c1-18-10-8-17-11-13-14(16)3-2-4-15(13)19-9-7-12-5-6-12/h2-4,12,17H,5-11H2,1H3. The number of benzene rings is 1. The van der Waals surface area contributed by atoms with Crippen molar-refractivity contribution in [1.82, 2.24) is 5.32 Å². The summed E-state index contributed by atoms with van der Waals surface area (Å²) in [5, 5.41) is 4.06. The normalized spacial score (nSPS) is 14.6. The van der Waals surface area contributed by atoms with E-state index in [9.17, 15) is 0 Å². The van der Waals surface area contributed by atoms with Gasteiger partial charge in [0, 0.05) is 30.8 Å². The summed E-state index contributed by atoms with van der Waals surface area (Å²) in [5.74, 6) is 1.79. The zero-order valence-corrected chi connectivity index (χ0v) is 12.2. The van der Waals surface area contributed by atoms with E-state index in [-0.39, 0.29) is 0 Å². The minimum absolute atomic E-state index is 0.697. The van der Waals surface area contributed by atoms with Gasteiger partial charge in [0.15, 0.2) is 0 Å². The molecule has 1 aliphatic rings. The van der Waals surface area contributed by atoms with Crippen molar-refractivity contribution >= 4 is 11.6 Å². The van der Waals surface area contributed by atoms with Gasteiger partial charge in [-0.15, -0.1) is 0 Å². The van der Waals surface area contributed by atoms with E-state index in [0.29, 0.717) is 13.2 Å². The Morgan fingerprint density at radius 2 is 2.16 bits per heavy atom. The van der Waals surface area contributed by atoms with Crippen molar-refractivity contribution in [2.75, 3.05) is 26.9 Å². The molecular weight excluding hydrogens is 262 g/mol. The fraction of sp³-hybridized carbons (Fsp3) is 0.600. The first kappa shape index (κ1) is 14.6. The Labute approximate surface area is 120 Å². The summed E-state index contributed by atoms with van der Waals surface area (Å²) >= 11 is 6.24. The smallest absolute Gasteiger partial charge is 0.125 e. The van der Waals surface area contributed by atoms with Crippen molar-refractivity contribution < 1.29 is 9.47 Å². The molecule has 1 aromatic carbocycles. The molecule has 1 N–H and O–H groups in total. The molecule has 2 rings (SSSR count). The third kappa shape index (κ3) is 5.01. The van der Waals surface area contributed by atoms with Gasteiger partial charge < -0.3 is 14.8 Å². The highest BCUT2D eigenvalue weighted by molar-refractivity contribution is 6.31. The second-order valence-electron chi connectivity index (χ2n) is 4.97. The zero-order valence-electron chi connectivity index (χ0n) is 11.5. The van der Waals surface area contributed by atoms with Crippen LogP contribution < -0.4 is 10.1 Å². The quantitative estimate of drug-likeness (QED) is 0.706. The Balaban J connectivity index is 1.86. The number of methoxy groups -OCH3 is 1. The first-order chi connectivity index (χ1) is 9.31. The van der Waals surface area contributed by atoms with Gasteiger partial charge in [0.1, 0.15) is 5.75 Å². The average Bonchev–Trinajstić information content (AvgIpc) is 3.21. The molecule has 106 valence electrons. The molecule has 0 aliphatic heterocycles. The maximum Gasteiger partial charge on any atom is 0.125 e. The number of rotatable bonds is 9. The second-order valence-corrected chi connectivity index (χ2v) is 5.37. The van der Waals surface area contributed by atoms with Crippen LogP contribution in [0.2, 0.25) is 5.02 Å². The SMILES string of the molecule is COCCNCc1c(Cl)cccc1OCCC1CC1. The second kappa shape index (κ2) is 7.73. The summed E-state index contributed by atoms with van der Waals surface area (Å²) in [6.07, 6.45) is 3.89. The Bertz CT molecular complexity index is 394. The minimum atomic E-state index is 0.697. The van der Waals surface area contributed by atoms with Gasteiger partial charge in [0.05, 0.1) is 13.2 Å². The summed E-state index contributed by atoms with van der Waals surface area (Å²) in [7, 11) is 1.70. The lowest BCUT2D eigenvalue weighted by Crippen LogP contribution is -2.19. The highest BCUT2D eigenvalue weighted by Crippen LogP contribution is 2.33. The Kier molecular flexibility index (Phi) is 5.95. The maximum absolute atomic E-state index is 6.24. The molecule has 0 spiro atoms. The minimum Gasteiger partial charge on any atom is -0.493 e. The van der Waals surface area contributed by atoms with Crippen LogP contribution in [-0.2, 0) is 11.3 Å². The number of hydrogen-bond donors (Lipinski definition) is 1. The fourth-order valence-electron chi connectivity index (χ4n) is 1.98. The van der Waals surface area contributed by atoms with Gasteiger partial charge in [-0.3, -0.25) is 0 Å². The molecule has 0 heterocycles. The van der Waals surface area contributed by atoms with Gasteiger partial charge >= 0.3 is 0 Å². The molecule has 1 aliphatic carbocycles. The number of ether oxygens (including phenoxy) is 2. The van der Waals surface area contributed by atoms with E-state index >= 15 is 0 Å². The van der Waals surface area contributed by atoms with Crippen LogP contribution in [0.5, 0.6) is 5.75 Å². The van der Waals surface area contributed by atoms with Crippen molar-refractivity contribution in [1.29, 1.82) is 0 Å². The molecule has 19 heavy (non-hydrogen) atoms. The van der Waals surface area contributed by atoms with Crippen LogP contribution in [0.4, 0.5) is 0 Å². The molecule has 0 amide bonds. The first-order valence-corrected chi connectivity index (χ1v) is 7.29. The molecule has 0 atom stereocenters. The van der Waals surface area contributed by atoms with Crippen molar-refractivity contribution in [3.05, 3.63) is 28.8 Å². The van der Waals surface area contributed by atoms with Crippen LogP contribution in [0, 0.1) is 5.92 Å². The van der Waals surface area contributed by atoms with Gasteiger partial charge in [-0.25, -0.2) is 0 Å². The predicted molar refractivity (Wildman–Crippen MR) is 77.9 cm³/mol. The van der Waals surface area contributed by atoms with Crippen LogP contribution in [0.1, 0.15) is 24.8 Å². The highest BCUT2D eigenvalue weighted by Gasteiger charge is 2.21. The molecule has 3 nitrogen and oxygen atoms in total. The van der Waals surface area contributed by atoms with E-state index < -0.39 is 0 Å². The van der Waals surface area contributed by atoms with E-state index in [1.165, 1.54) is 12.8 Å². The maximum atomic E-state index is 6.24. The summed E-state index contributed by atoms with van der Waals surface area (Å²) in [6, 6.07) is 5.84. The van der Waals surface area contributed by atoms with Crippen molar-refractivity contribution in [2.45, 2.75) is 25.8 Å². The summed E-state index contributed by atoms with van der Waals surface area (Å²) < 4.78 is 10.9. The fourth-order valence-corrected chi connectivity index (χ4v) is 2.21. The molecular formula is C15H22ClNO2. The zero-order chi connectivity index (χ0) is 13.5. The average molecular weight is 284 g/mol. The molecule has 0 bridgehead atoms. The van der Waals surface area contributed by atoms with Gasteiger partial charge in [0.25, 0.3) is 0 Å². The Morgan fingerprint density at radius 3 is 2.89 bits per heavy atom. The molecule has 4 heteroatoms. The van der Waals surface area contributed by atoms with Crippen LogP contribution in [0.15, 0.2) is 18.2 Å².